The molecule has 0 radical (unpaired) electrons. The van der Waals surface area contributed by atoms with E-state index in [1.807, 2.05) is 26.8 Å². The molecule has 0 aromatic heterocycles. The Morgan fingerprint density at radius 2 is 1.71 bits per heavy atom. The highest BCUT2D eigenvalue weighted by Gasteiger charge is 2.46. The number of carbonyl (C=O) groups is 2. The number of benzene rings is 2. The number of amides is 1. The smallest absolute Gasteiger partial charge is 0.295 e. The van der Waals surface area contributed by atoms with Crippen LogP contribution in [0.3, 0.4) is 0 Å². The molecule has 2 atom stereocenters. The summed E-state index contributed by atoms with van der Waals surface area (Å²) in [7, 11) is 4.52. The van der Waals surface area contributed by atoms with Crippen molar-refractivity contribution in [2.75, 3.05) is 47.5 Å². The normalized spacial score (nSPS) is 20.0. The summed E-state index contributed by atoms with van der Waals surface area (Å²) in [5.74, 6) is 0.317. The van der Waals surface area contributed by atoms with E-state index >= 15 is 0 Å². The van der Waals surface area contributed by atoms with Crippen LogP contribution in [-0.2, 0) is 16.0 Å². The van der Waals surface area contributed by atoms with Gasteiger partial charge in [0.2, 0.25) is 5.75 Å². The van der Waals surface area contributed by atoms with Crippen LogP contribution in [0.5, 0.6) is 23.0 Å². The number of carbonyl (C=O) groups excluding carboxylic acids is 2. The number of likely N-dealkylation sites (tertiary alicyclic amines) is 1. The standard InChI is InChI=1S/C29H36N2O7/c1-7-30(8-2)11-12-31-25(20-15-22(35-4)28(37-6)23(16-20)36-5)24(27(33)29(31)34)26(32)18-9-10-21-19(14-18)13-17(3)38-21/h9-10,14-17,25,32H,7-8,11-13H2,1-6H3/b26-24-. The van der Waals surface area contributed by atoms with E-state index in [-0.39, 0.29) is 17.4 Å². The molecular weight excluding hydrogens is 488 g/mol. The van der Waals surface area contributed by atoms with Gasteiger partial charge in [-0.3, -0.25) is 9.59 Å². The molecule has 2 heterocycles. The Bertz CT molecular complexity index is 1230. The maximum absolute atomic E-state index is 13.5. The summed E-state index contributed by atoms with van der Waals surface area (Å²) >= 11 is 0. The van der Waals surface area contributed by atoms with E-state index < -0.39 is 17.7 Å². The molecule has 2 aliphatic heterocycles. The summed E-state index contributed by atoms with van der Waals surface area (Å²) in [5, 5.41) is 11.5. The van der Waals surface area contributed by atoms with Gasteiger partial charge >= 0.3 is 0 Å². The minimum absolute atomic E-state index is 0.0238. The molecule has 1 N–H and O–H groups in total. The largest absolute Gasteiger partial charge is 0.507 e. The fraction of sp³-hybridized carbons (Fsp3) is 0.448. The van der Waals surface area contributed by atoms with Gasteiger partial charge in [0, 0.05) is 25.1 Å². The van der Waals surface area contributed by atoms with Crippen molar-refractivity contribution in [2.24, 2.45) is 0 Å². The zero-order chi connectivity index (χ0) is 27.6. The van der Waals surface area contributed by atoms with Crippen molar-refractivity contribution in [2.45, 2.75) is 39.3 Å². The monoisotopic (exact) mass is 524 g/mol. The van der Waals surface area contributed by atoms with E-state index in [2.05, 4.69) is 4.90 Å². The molecule has 1 saturated heterocycles. The van der Waals surface area contributed by atoms with Gasteiger partial charge in [-0.2, -0.15) is 0 Å². The molecule has 4 rings (SSSR count). The summed E-state index contributed by atoms with van der Waals surface area (Å²) in [5.41, 5.74) is 2.00. The van der Waals surface area contributed by atoms with Crippen LogP contribution in [0.15, 0.2) is 35.9 Å². The van der Waals surface area contributed by atoms with Gasteiger partial charge in [0.05, 0.1) is 32.9 Å². The van der Waals surface area contributed by atoms with Gasteiger partial charge in [-0.1, -0.05) is 13.8 Å². The first-order valence-electron chi connectivity index (χ1n) is 12.9. The van der Waals surface area contributed by atoms with Crippen molar-refractivity contribution >= 4 is 17.4 Å². The number of hydrogen-bond acceptors (Lipinski definition) is 8. The SMILES string of the molecule is CCN(CC)CCN1C(=O)C(=O)/C(=C(\O)c2ccc3c(c2)CC(C)O3)C1c1cc(OC)c(OC)c(OC)c1. The van der Waals surface area contributed by atoms with Crippen LogP contribution in [0.4, 0.5) is 0 Å². The Labute approximate surface area is 223 Å². The van der Waals surface area contributed by atoms with E-state index in [9.17, 15) is 14.7 Å². The van der Waals surface area contributed by atoms with Crippen molar-refractivity contribution < 1.29 is 33.6 Å². The molecule has 0 aliphatic carbocycles. The lowest BCUT2D eigenvalue weighted by Crippen LogP contribution is -2.38. The highest BCUT2D eigenvalue weighted by Crippen LogP contribution is 2.46. The number of hydrogen-bond donors (Lipinski definition) is 1. The van der Waals surface area contributed by atoms with Crippen molar-refractivity contribution in [3.8, 4) is 23.0 Å². The van der Waals surface area contributed by atoms with Crippen LogP contribution in [0.25, 0.3) is 5.76 Å². The first-order chi connectivity index (χ1) is 18.3. The van der Waals surface area contributed by atoms with E-state index in [0.29, 0.717) is 47.9 Å². The van der Waals surface area contributed by atoms with Gasteiger partial charge in [0.1, 0.15) is 17.6 Å². The van der Waals surface area contributed by atoms with Gasteiger partial charge in [-0.15, -0.1) is 0 Å². The van der Waals surface area contributed by atoms with Gasteiger partial charge in [-0.25, -0.2) is 0 Å². The van der Waals surface area contributed by atoms with Crippen LogP contribution < -0.4 is 18.9 Å². The minimum Gasteiger partial charge on any atom is -0.507 e. The van der Waals surface area contributed by atoms with Crippen LogP contribution in [0.1, 0.15) is 43.5 Å². The Hall–Kier alpha value is -3.72. The molecule has 2 aromatic rings. The molecule has 9 heteroatoms. The highest BCUT2D eigenvalue weighted by atomic mass is 16.5. The number of rotatable bonds is 10. The molecule has 1 amide bonds. The quantitative estimate of drug-likeness (QED) is 0.285. The van der Waals surface area contributed by atoms with Gasteiger partial charge < -0.3 is 33.9 Å². The van der Waals surface area contributed by atoms with Gasteiger partial charge in [-0.05, 0) is 61.5 Å². The fourth-order valence-electron chi connectivity index (χ4n) is 5.23. The van der Waals surface area contributed by atoms with Gasteiger partial charge in [0.15, 0.2) is 11.5 Å². The zero-order valence-electron chi connectivity index (χ0n) is 22.9. The summed E-state index contributed by atoms with van der Waals surface area (Å²) in [6.45, 7) is 8.58. The van der Waals surface area contributed by atoms with Crippen molar-refractivity contribution in [3.05, 3.63) is 52.6 Å². The Morgan fingerprint density at radius 3 is 2.29 bits per heavy atom. The van der Waals surface area contributed by atoms with Crippen LogP contribution >= 0.6 is 0 Å². The number of nitrogens with zero attached hydrogens (tertiary/aromatic N) is 2. The molecule has 0 bridgehead atoms. The topological polar surface area (TPSA) is 97.8 Å². The number of aliphatic hydroxyl groups is 1. The Kier molecular flexibility index (Phi) is 8.16. The average molecular weight is 525 g/mol. The fourth-order valence-corrected chi connectivity index (χ4v) is 5.23. The first kappa shape index (κ1) is 27.3. The maximum Gasteiger partial charge on any atom is 0.295 e. The van der Waals surface area contributed by atoms with Gasteiger partial charge in [0.25, 0.3) is 11.7 Å². The van der Waals surface area contributed by atoms with E-state index in [0.717, 1.165) is 24.4 Å². The summed E-state index contributed by atoms with van der Waals surface area (Å²) in [6.07, 6.45) is 0.734. The molecule has 38 heavy (non-hydrogen) atoms. The van der Waals surface area contributed by atoms with Crippen LogP contribution in [0.2, 0.25) is 0 Å². The Balaban J connectivity index is 1.87. The van der Waals surface area contributed by atoms with Crippen molar-refractivity contribution in [1.82, 2.24) is 9.80 Å². The lowest BCUT2D eigenvalue weighted by atomic mass is 9.94. The molecule has 204 valence electrons. The first-order valence-corrected chi connectivity index (χ1v) is 12.9. The summed E-state index contributed by atoms with van der Waals surface area (Å²) in [6, 6.07) is 7.91. The molecule has 1 fully saturated rings. The predicted octanol–water partition coefficient (Wildman–Crippen LogP) is 3.80. The van der Waals surface area contributed by atoms with Crippen LogP contribution in [0, 0.1) is 0 Å². The maximum atomic E-state index is 13.5. The summed E-state index contributed by atoms with van der Waals surface area (Å²) < 4.78 is 22.4. The number of ether oxygens (including phenoxy) is 4. The van der Waals surface area contributed by atoms with Crippen LogP contribution in [-0.4, -0.2) is 80.2 Å². The zero-order valence-corrected chi connectivity index (χ0v) is 22.9. The van der Waals surface area contributed by atoms with Crippen molar-refractivity contribution in [1.29, 1.82) is 0 Å². The molecule has 2 unspecified atom stereocenters. The third-order valence-corrected chi connectivity index (χ3v) is 7.26. The molecule has 0 spiro atoms. The number of fused-ring (bicyclic) bond motifs is 1. The second-order valence-corrected chi connectivity index (χ2v) is 9.43. The minimum atomic E-state index is -0.845. The number of ketones is 1. The number of aliphatic hydroxyl groups excluding tert-OH is 1. The number of Topliss-reactive ketones (excluding diaryl/α,β-unsaturated/α-hetero) is 1. The molecule has 0 saturated carbocycles. The van der Waals surface area contributed by atoms with E-state index in [1.165, 1.54) is 26.2 Å². The summed E-state index contributed by atoms with van der Waals surface area (Å²) in [4.78, 5) is 30.6. The average Bonchev–Trinajstić information content (AvgIpc) is 3.43. The van der Waals surface area contributed by atoms with E-state index in [1.54, 1.807) is 24.3 Å². The lowest BCUT2D eigenvalue weighted by Gasteiger charge is -2.29. The third-order valence-electron chi connectivity index (χ3n) is 7.26. The van der Waals surface area contributed by atoms with E-state index in [4.69, 9.17) is 18.9 Å². The predicted molar refractivity (Wildman–Crippen MR) is 143 cm³/mol. The third kappa shape index (κ3) is 4.90. The molecule has 2 aromatic carbocycles. The molecule has 9 nitrogen and oxygen atoms in total. The second-order valence-electron chi connectivity index (χ2n) is 9.43. The molecule has 2 aliphatic rings. The Morgan fingerprint density at radius 1 is 1.05 bits per heavy atom. The number of likely N-dealkylation sites (N-methyl/N-ethyl adjacent to an activating group) is 1. The van der Waals surface area contributed by atoms with Crippen molar-refractivity contribution in [3.63, 3.8) is 0 Å². The second kappa shape index (κ2) is 11.3. The lowest BCUT2D eigenvalue weighted by molar-refractivity contribution is -0.140. The molecular formula is C29H36N2O7. The number of methoxy groups -OCH3 is 3. The highest BCUT2D eigenvalue weighted by molar-refractivity contribution is 6.46.